The monoisotopic (exact) mass is 588 g/mol. The molecule has 1 aromatic carbocycles. The molecule has 4 heterocycles. The minimum Gasteiger partial charge on any atom is -0.320 e. The Labute approximate surface area is 239 Å². The van der Waals surface area contributed by atoms with Crippen LogP contribution >= 0.6 is 0 Å². The van der Waals surface area contributed by atoms with Crippen LogP contribution in [0.25, 0.3) is 11.2 Å². The van der Waals surface area contributed by atoms with Crippen molar-refractivity contribution >= 4 is 5.52 Å². The second kappa shape index (κ2) is 10.3. The second-order valence-corrected chi connectivity index (χ2v) is 11.9. The Hall–Kier alpha value is -3.54. The first-order chi connectivity index (χ1) is 19.8. The summed E-state index contributed by atoms with van der Waals surface area (Å²) in [5.74, 6) is -2.65. The summed E-state index contributed by atoms with van der Waals surface area (Å²) in [6.07, 6.45) is 2.35. The molecule has 6 rings (SSSR count). The zero-order valence-corrected chi connectivity index (χ0v) is 23.7. The normalized spacial score (nSPS) is 21.4. The molecule has 2 aliphatic rings. The van der Waals surface area contributed by atoms with Gasteiger partial charge in [-0.2, -0.15) is 13.2 Å². The molecular weight excluding hydrogens is 555 g/mol. The number of rotatable bonds is 6. The molecule has 2 fully saturated rings. The molecule has 0 bridgehead atoms. The number of nitrogens with zero attached hydrogens (tertiary/aromatic N) is 6. The smallest absolute Gasteiger partial charge is 0.320 e. The third kappa shape index (κ3) is 4.93. The zero-order chi connectivity index (χ0) is 30.0. The molecule has 12 heteroatoms. The average Bonchev–Trinajstić information content (AvgIpc) is 3.48. The number of aryl methyl sites for hydroxylation is 1. The first-order valence-electron chi connectivity index (χ1n) is 14.3. The number of likely N-dealkylation sites (tertiary alicyclic amines) is 1. The summed E-state index contributed by atoms with van der Waals surface area (Å²) in [6.45, 7) is 3.23. The van der Waals surface area contributed by atoms with Gasteiger partial charge in [0, 0.05) is 56.8 Å². The van der Waals surface area contributed by atoms with E-state index >= 15 is 0 Å². The van der Waals surface area contributed by atoms with Crippen LogP contribution in [0.2, 0.25) is 0 Å². The Morgan fingerprint density at radius 1 is 1.10 bits per heavy atom. The number of pyridine rings is 1. The van der Waals surface area contributed by atoms with E-state index in [1.807, 2.05) is 23.7 Å². The Balaban J connectivity index is 1.42. The van der Waals surface area contributed by atoms with E-state index in [-0.39, 0.29) is 36.5 Å². The maximum atomic E-state index is 14.4. The summed E-state index contributed by atoms with van der Waals surface area (Å²) in [5, 5.41) is 8.38. The van der Waals surface area contributed by atoms with Crippen molar-refractivity contribution in [2.45, 2.75) is 63.6 Å². The molecule has 4 aromatic rings. The summed E-state index contributed by atoms with van der Waals surface area (Å²) >= 11 is 0. The zero-order valence-electron chi connectivity index (χ0n) is 23.7. The quantitative estimate of drug-likeness (QED) is 0.252. The Morgan fingerprint density at radius 2 is 1.86 bits per heavy atom. The minimum absolute atomic E-state index is 0.0456. The van der Waals surface area contributed by atoms with E-state index in [2.05, 4.69) is 10.2 Å². The van der Waals surface area contributed by atoms with Gasteiger partial charge in [-0.1, -0.05) is 25.5 Å². The van der Waals surface area contributed by atoms with Crippen LogP contribution in [-0.2, 0) is 13.2 Å². The van der Waals surface area contributed by atoms with Crippen LogP contribution in [0.3, 0.4) is 0 Å². The van der Waals surface area contributed by atoms with Crippen LogP contribution < -0.4 is 5.69 Å². The highest BCUT2D eigenvalue weighted by Gasteiger charge is 2.43. The Morgan fingerprint density at radius 3 is 2.48 bits per heavy atom. The molecule has 1 aliphatic carbocycles. The Bertz CT molecular complexity index is 1670. The molecule has 0 radical (unpaired) electrons. The summed E-state index contributed by atoms with van der Waals surface area (Å²) in [6, 6.07) is 7.73. The molecule has 1 aliphatic heterocycles. The van der Waals surface area contributed by atoms with Crippen LogP contribution in [0, 0.1) is 11.8 Å². The van der Waals surface area contributed by atoms with Gasteiger partial charge in [0.25, 0.3) is 5.92 Å². The van der Waals surface area contributed by atoms with Crippen LogP contribution in [0.1, 0.15) is 74.0 Å². The van der Waals surface area contributed by atoms with E-state index < -0.39 is 35.3 Å². The van der Waals surface area contributed by atoms with E-state index in [4.69, 9.17) is 0 Å². The van der Waals surface area contributed by atoms with Crippen molar-refractivity contribution in [1.29, 1.82) is 0 Å². The number of fused-ring (bicyclic) bond motifs is 1. The molecule has 224 valence electrons. The molecule has 0 spiro atoms. The molecule has 1 saturated carbocycles. The van der Waals surface area contributed by atoms with E-state index in [1.165, 1.54) is 23.9 Å². The highest BCUT2D eigenvalue weighted by Crippen LogP contribution is 2.43. The SMILES string of the molecule is CC(c1cc(C(F)(F)F)c2cn(-c3cccc([C@@H](c4nncn4C)C4CCC4)c3)c(=O)n2c1)N1CCC(F)(F)[C@H](C)C1. The molecule has 0 N–H and O–H groups in total. The lowest BCUT2D eigenvalue weighted by Crippen LogP contribution is -2.46. The molecular formula is C30H33F5N6O. The largest absolute Gasteiger partial charge is 0.418 e. The minimum atomic E-state index is -4.73. The molecule has 7 nitrogen and oxygen atoms in total. The number of imidazole rings is 1. The van der Waals surface area contributed by atoms with Gasteiger partial charge in [-0.15, -0.1) is 10.2 Å². The van der Waals surface area contributed by atoms with Crippen molar-refractivity contribution in [2.24, 2.45) is 18.9 Å². The highest BCUT2D eigenvalue weighted by atomic mass is 19.4. The number of benzene rings is 1. The maximum Gasteiger partial charge on any atom is 0.418 e. The van der Waals surface area contributed by atoms with Crippen molar-refractivity contribution in [3.63, 3.8) is 0 Å². The third-order valence-electron chi connectivity index (χ3n) is 9.24. The first kappa shape index (κ1) is 28.6. The van der Waals surface area contributed by atoms with Crippen molar-refractivity contribution in [3.8, 4) is 5.69 Å². The number of alkyl halides is 5. The van der Waals surface area contributed by atoms with E-state index in [9.17, 15) is 26.7 Å². The number of piperidine rings is 1. The summed E-state index contributed by atoms with van der Waals surface area (Å²) in [4.78, 5) is 15.4. The Kier molecular flexibility index (Phi) is 7.02. The lowest BCUT2D eigenvalue weighted by atomic mass is 9.72. The molecule has 1 unspecified atom stereocenters. The van der Waals surface area contributed by atoms with Gasteiger partial charge in [0.2, 0.25) is 0 Å². The van der Waals surface area contributed by atoms with E-state index in [0.29, 0.717) is 11.6 Å². The fraction of sp³-hybridized carbons (Fsp3) is 0.500. The highest BCUT2D eigenvalue weighted by molar-refractivity contribution is 5.58. The fourth-order valence-electron chi connectivity index (χ4n) is 6.38. The molecule has 42 heavy (non-hydrogen) atoms. The molecule has 1 saturated heterocycles. The number of halogens is 5. The summed E-state index contributed by atoms with van der Waals surface area (Å²) < 4.78 is 75.4. The average molecular weight is 589 g/mol. The van der Waals surface area contributed by atoms with Crippen LogP contribution in [0.5, 0.6) is 0 Å². The first-order valence-corrected chi connectivity index (χ1v) is 14.3. The van der Waals surface area contributed by atoms with Gasteiger partial charge in [0.15, 0.2) is 0 Å². The van der Waals surface area contributed by atoms with Gasteiger partial charge in [-0.05, 0) is 55.0 Å². The maximum absolute atomic E-state index is 14.4. The number of hydrogen-bond acceptors (Lipinski definition) is 4. The lowest BCUT2D eigenvalue weighted by Gasteiger charge is -2.40. The predicted molar refractivity (Wildman–Crippen MR) is 147 cm³/mol. The van der Waals surface area contributed by atoms with Gasteiger partial charge in [0.05, 0.1) is 16.8 Å². The van der Waals surface area contributed by atoms with Crippen LogP contribution in [0.15, 0.2) is 53.8 Å². The van der Waals surface area contributed by atoms with Gasteiger partial charge in [-0.25, -0.2) is 13.6 Å². The molecule has 0 amide bonds. The summed E-state index contributed by atoms with van der Waals surface area (Å²) in [5.41, 5.74) is -0.247. The number of hydrogen-bond donors (Lipinski definition) is 0. The fourth-order valence-corrected chi connectivity index (χ4v) is 6.38. The topological polar surface area (TPSA) is 60.4 Å². The van der Waals surface area contributed by atoms with Crippen molar-refractivity contribution in [2.75, 3.05) is 13.1 Å². The molecule has 3 atom stereocenters. The van der Waals surface area contributed by atoms with Crippen molar-refractivity contribution < 1.29 is 22.0 Å². The van der Waals surface area contributed by atoms with Crippen molar-refractivity contribution in [1.82, 2.24) is 28.6 Å². The third-order valence-corrected chi connectivity index (χ3v) is 9.24. The van der Waals surface area contributed by atoms with Gasteiger partial charge in [-0.3, -0.25) is 13.9 Å². The van der Waals surface area contributed by atoms with Gasteiger partial charge < -0.3 is 4.57 Å². The van der Waals surface area contributed by atoms with E-state index in [1.54, 1.807) is 30.3 Å². The standard InChI is InChI=1S/C30H33F5N6O/c1-18-14-39(11-10-29(18,31)32)19(2)22-13-24(30(33,34)35)25-16-40(28(42)41(25)15-22)23-9-5-8-21(12-23)26(20-6-4-7-20)27-37-36-17-38(27)3/h5,8-9,12-13,15-20,26H,4,6-7,10-11,14H2,1-3H3/t18-,19?,26+/m1/s1. The van der Waals surface area contributed by atoms with Gasteiger partial charge >= 0.3 is 11.9 Å². The number of aromatic nitrogens is 5. The predicted octanol–water partition coefficient (Wildman–Crippen LogP) is 6.21. The van der Waals surface area contributed by atoms with Crippen LogP contribution in [0.4, 0.5) is 22.0 Å². The van der Waals surface area contributed by atoms with Crippen LogP contribution in [-0.4, -0.2) is 47.6 Å². The van der Waals surface area contributed by atoms with E-state index in [0.717, 1.165) is 41.1 Å². The lowest BCUT2D eigenvalue weighted by molar-refractivity contribution is -0.136. The van der Waals surface area contributed by atoms with Gasteiger partial charge in [0.1, 0.15) is 12.2 Å². The summed E-state index contributed by atoms with van der Waals surface area (Å²) in [7, 11) is 1.88. The second-order valence-electron chi connectivity index (χ2n) is 11.9. The van der Waals surface area contributed by atoms with Crippen molar-refractivity contribution in [3.05, 3.63) is 82.1 Å². The molecule has 3 aromatic heterocycles.